The Labute approximate surface area is 118 Å². The van der Waals surface area contributed by atoms with Crippen LogP contribution in [0.3, 0.4) is 0 Å². The fourth-order valence-electron chi connectivity index (χ4n) is 1.59. The Morgan fingerprint density at radius 2 is 1.29 bits per heavy atom. The molecule has 98 valence electrons. The van der Waals surface area contributed by atoms with Gasteiger partial charge >= 0.3 is 21.1 Å². The van der Waals surface area contributed by atoms with Gasteiger partial charge in [-0.3, -0.25) is 0 Å². The molecule has 0 saturated carbocycles. The molecule has 2 nitrogen and oxygen atoms in total. The Kier molecular flexibility index (Phi) is 4.87. The summed E-state index contributed by atoms with van der Waals surface area (Å²) in [5.41, 5.74) is 1.16. The maximum Gasteiger partial charge on any atom is 2.00 e. The fourth-order valence-corrected chi connectivity index (χ4v) is 1.59. The van der Waals surface area contributed by atoms with Crippen molar-refractivity contribution in [3.8, 4) is 11.5 Å². The van der Waals surface area contributed by atoms with Crippen LogP contribution in [-0.4, -0.2) is 0 Å². The van der Waals surface area contributed by atoms with Crippen LogP contribution >= 0.6 is 0 Å². The van der Waals surface area contributed by atoms with E-state index in [4.69, 9.17) is 0 Å². The topological polar surface area (TPSA) is 46.1 Å². The standard InChI is InChI=1S/C14H22O2.Pt/c1-13(2,3)9-7-10(14(4,5)6)12(16)11(15)8-9;/h7-8,15-16H,1-6H3;/q;+2/p-2. The molecule has 0 bridgehead atoms. The Morgan fingerprint density at radius 1 is 0.824 bits per heavy atom. The average molecular weight is 415 g/mol. The molecule has 17 heavy (non-hydrogen) atoms. The Bertz CT molecular complexity index is 398. The summed E-state index contributed by atoms with van der Waals surface area (Å²) < 4.78 is 0. The smallest absolute Gasteiger partial charge is 0.873 e. The third-order valence-corrected chi connectivity index (χ3v) is 2.73. The average Bonchev–Trinajstić information content (AvgIpc) is 2.05. The van der Waals surface area contributed by atoms with E-state index >= 15 is 0 Å². The van der Waals surface area contributed by atoms with Gasteiger partial charge in [-0.25, -0.2) is 0 Å². The molecule has 0 spiro atoms. The van der Waals surface area contributed by atoms with E-state index < -0.39 is 5.75 Å². The van der Waals surface area contributed by atoms with Crippen LogP contribution in [0.15, 0.2) is 12.1 Å². The Morgan fingerprint density at radius 3 is 1.65 bits per heavy atom. The summed E-state index contributed by atoms with van der Waals surface area (Å²) in [5, 5.41) is 23.4. The molecule has 3 heteroatoms. The summed E-state index contributed by atoms with van der Waals surface area (Å²) in [6, 6.07) is 3.35. The molecule has 0 atom stereocenters. The molecule has 0 aliphatic rings. The number of benzene rings is 1. The quantitative estimate of drug-likeness (QED) is 0.654. The van der Waals surface area contributed by atoms with E-state index in [0.29, 0.717) is 5.56 Å². The zero-order valence-electron chi connectivity index (χ0n) is 11.3. The van der Waals surface area contributed by atoms with Gasteiger partial charge < -0.3 is 10.2 Å². The molecule has 0 aromatic heterocycles. The van der Waals surface area contributed by atoms with Gasteiger partial charge in [-0.2, -0.15) is 0 Å². The second-order valence-corrected chi connectivity index (χ2v) is 6.35. The maximum atomic E-state index is 11.8. The minimum Gasteiger partial charge on any atom is -0.873 e. The van der Waals surface area contributed by atoms with Gasteiger partial charge in [-0.05, 0) is 16.4 Å². The Hall–Kier alpha value is -0.492. The first-order valence-corrected chi connectivity index (χ1v) is 5.56. The fraction of sp³-hybridized carbons (Fsp3) is 0.571. The van der Waals surface area contributed by atoms with Gasteiger partial charge in [-0.15, -0.1) is 11.5 Å². The number of rotatable bonds is 0. The van der Waals surface area contributed by atoms with Crippen molar-refractivity contribution in [2.24, 2.45) is 0 Å². The zero-order valence-corrected chi connectivity index (χ0v) is 13.6. The van der Waals surface area contributed by atoms with Crippen molar-refractivity contribution >= 4 is 0 Å². The van der Waals surface area contributed by atoms with Gasteiger partial charge in [0.1, 0.15) is 0 Å². The van der Waals surface area contributed by atoms with Crippen molar-refractivity contribution in [2.75, 3.05) is 0 Å². The summed E-state index contributed by atoms with van der Waals surface area (Å²) >= 11 is 0. The molecule has 1 aromatic carbocycles. The number of hydrogen-bond donors (Lipinski definition) is 0. The van der Waals surface area contributed by atoms with Crippen LogP contribution in [0.5, 0.6) is 11.5 Å². The molecule has 0 aliphatic carbocycles. The minimum atomic E-state index is -0.391. The largest absolute Gasteiger partial charge is 2.00 e. The second-order valence-electron chi connectivity index (χ2n) is 6.35. The maximum absolute atomic E-state index is 11.8. The Balaban J connectivity index is 0.00000256. The van der Waals surface area contributed by atoms with Crippen molar-refractivity contribution in [1.82, 2.24) is 0 Å². The van der Waals surface area contributed by atoms with Crippen LogP contribution in [-0.2, 0) is 31.9 Å². The third kappa shape index (κ3) is 3.74. The number of hydrogen-bond acceptors (Lipinski definition) is 2. The van der Waals surface area contributed by atoms with E-state index in [-0.39, 0.29) is 37.6 Å². The molecule has 0 amide bonds. The second kappa shape index (κ2) is 5.02. The normalized spacial score (nSPS) is 12.1. The molecule has 0 unspecified atom stereocenters. The third-order valence-electron chi connectivity index (χ3n) is 2.73. The van der Waals surface area contributed by atoms with Crippen molar-refractivity contribution in [2.45, 2.75) is 52.4 Å². The predicted octanol–water partition coefficient (Wildman–Crippen LogP) is 2.43. The van der Waals surface area contributed by atoms with E-state index in [1.807, 2.05) is 47.6 Å². The van der Waals surface area contributed by atoms with Gasteiger partial charge in [-0.1, -0.05) is 59.2 Å². The van der Waals surface area contributed by atoms with Crippen LogP contribution in [0.1, 0.15) is 52.7 Å². The zero-order chi connectivity index (χ0) is 12.7. The molecule has 0 radical (unpaired) electrons. The first-order valence-electron chi connectivity index (χ1n) is 5.56. The summed E-state index contributed by atoms with van der Waals surface area (Å²) in [6.07, 6.45) is 0. The van der Waals surface area contributed by atoms with Crippen LogP contribution in [0.2, 0.25) is 0 Å². The van der Waals surface area contributed by atoms with E-state index in [1.165, 1.54) is 6.07 Å². The van der Waals surface area contributed by atoms with E-state index in [1.54, 1.807) is 0 Å². The van der Waals surface area contributed by atoms with Crippen LogP contribution in [0.25, 0.3) is 0 Å². The van der Waals surface area contributed by atoms with Crippen molar-refractivity contribution in [1.29, 1.82) is 0 Å². The minimum absolute atomic E-state index is 0. The van der Waals surface area contributed by atoms with E-state index in [9.17, 15) is 10.2 Å². The van der Waals surface area contributed by atoms with Gasteiger partial charge in [0.25, 0.3) is 0 Å². The van der Waals surface area contributed by atoms with Crippen molar-refractivity contribution < 1.29 is 31.3 Å². The molecular formula is C14H20O2Pt. The molecule has 0 aliphatic heterocycles. The van der Waals surface area contributed by atoms with Gasteiger partial charge in [0.15, 0.2) is 0 Å². The van der Waals surface area contributed by atoms with Crippen molar-refractivity contribution in [3.63, 3.8) is 0 Å². The first kappa shape index (κ1) is 16.5. The molecule has 1 aromatic rings. The predicted molar refractivity (Wildman–Crippen MR) is 62.7 cm³/mol. The SMILES string of the molecule is CC(C)(C)c1cc([O-])c([O-])c(C(C)(C)C)c1.[Pt+2]. The molecule has 0 heterocycles. The summed E-state index contributed by atoms with van der Waals surface area (Å²) in [7, 11) is 0. The van der Waals surface area contributed by atoms with Crippen LogP contribution in [0.4, 0.5) is 0 Å². The van der Waals surface area contributed by atoms with E-state index in [2.05, 4.69) is 0 Å². The van der Waals surface area contributed by atoms with Crippen LogP contribution < -0.4 is 10.2 Å². The molecule has 1 rings (SSSR count). The summed E-state index contributed by atoms with van der Waals surface area (Å²) in [6.45, 7) is 12.0. The molecule has 0 fully saturated rings. The summed E-state index contributed by atoms with van der Waals surface area (Å²) in [4.78, 5) is 0. The molecular weight excluding hydrogens is 395 g/mol. The summed E-state index contributed by atoms with van der Waals surface area (Å²) in [5.74, 6) is -0.752. The van der Waals surface area contributed by atoms with E-state index in [0.717, 1.165) is 5.56 Å². The van der Waals surface area contributed by atoms with Gasteiger partial charge in [0, 0.05) is 0 Å². The van der Waals surface area contributed by atoms with Gasteiger partial charge in [0.05, 0.1) is 0 Å². The first-order chi connectivity index (χ1) is 7.03. The van der Waals surface area contributed by atoms with Crippen molar-refractivity contribution in [3.05, 3.63) is 23.3 Å². The molecule has 0 saturated heterocycles. The molecule has 0 N–H and O–H groups in total. The monoisotopic (exact) mass is 415 g/mol. The van der Waals surface area contributed by atoms with Crippen LogP contribution in [0, 0.1) is 0 Å². The van der Waals surface area contributed by atoms with Gasteiger partial charge in [0.2, 0.25) is 0 Å².